The Kier molecular flexibility index (Phi) is 4.28. The first-order chi connectivity index (χ1) is 9.41. The summed E-state index contributed by atoms with van der Waals surface area (Å²) >= 11 is 5.84. The lowest BCUT2D eigenvalue weighted by molar-refractivity contribution is -0.385. The van der Waals surface area contributed by atoms with E-state index < -0.39 is 10.8 Å². The highest BCUT2D eigenvalue weighted by molar-refractivity contribution is 6.31. The SMILES string of the molecule is CC1(NC(=O)c2cc(Cl)ccc2[N+](=O)[O-])CCCCC1. The first-order valence-corrected chi connectivity index (χ1v) is 7.05. The number of halogens is 1. The van der Waals surface area contributed by atoms with E-state index in [0.29, 0.717) is 5.02 Å². The molecule has 1 amide bonds. The van der Waals surface area contributed by atoms with Crippen molar-refractivity contribution in [3.63, 3.8) is 0 Å². The summed E-state index contributed by atoms with van der Waals surface area (Å²) in [7, 11) is 0. The number of hydrogen-bond donors (Lipinski definition) is 1. The Hall–Kier alpha value is -1.62. The Morgan fingerprint density at radius 2 is 2.00 bits per heavy atom. The van der Waals surface area contributed by atoms with Crippen molar-refractivity contribution in [3.8, 4) is 0 Å². The molecule has 0 unspecified atom stereocenters. The Bertz CT molecular complexity index is 539. The average Bonchev–Trinajstić information content (AvgIpc) is 2.38. The standard InChI is InChI=1S/C14H17ClN2O3/c1-14(7-3-2-4-8-14)16-13(18)11-9-10(15)5-6-12(11)17(19)20/h5-6,9H,2-4,7-8H2,1H3,(H,16,18). The zero-order valence-corrected chi connectivity index (χ0v) is 12.1. The number of rotatable bonds is 3. The minimum Gasteiger partial charge on any atom is -0.347 e. The number of carbonyl (C=O) groups is 1. The maximum Gasteiger partial charge on any atom is 0.282 e. The summed E-state index contributed by atoms with van der Waals surface area (Å²) in [5.41, 5.74) is -0.480. The van der Waals surface area contributed by atoms with E-state index in [4.69, 9.17) is 11.6 Å². The Balaban J connectivity index is 2.24. The number of amides is 1. The summed E-state index contributed by atoms with van der Waals surface area (Å²) in [5, 5.41) is 14.2. The molecule has 0 atom stereocenters. The molecule has 0 saturated heterocycles. The summed E-state index contributed by atoms with van der Waals surface area (Å²) in [4.78, 5) is 22.8. The van der Waals surface area contributed by atoms with Gasteiger partial charge in [-0.1, -0.05) is 30.9 Å². The van der Waals surface area contributed by atoms with E-state index in [-0.39, 0.29) is 16.8 Å². The molecule has 1 saturated carbocycles. The van der Waals surface area contributed by atoms with Gasteiger partial charge in [-0.05, 0) is 31.9 Å². The van der Waals surface area contributed by atoms with Crippen LogP contribution in [0.15, 0.2) is 18.2 Å². The zero-order valence-electron chi connectivity index (χ0n) is 11.3. The number of nitrogens with one attached hydrogen (secondary N) is 1. The second kappa shape index (κ2) is 5.79. The fourth-order valence-electron chi connectivity index (χ4n) is 2.65. The Morgan fingerprint density at radius 3 is 2.60 bits per heavy atom. The van der Waals surface area contributed by atoms with Crippen LogP contribution >= 0.6 is 11.6 Å². The van der Waals surface area contributed by atoms with Crippen molar-refractivity contribution in [2.24, 2.45) is 0 Å². The highest BCUT2D eigenvalue weighted by Crippen LogP contribution is 2.29. The molecule has 1 aliphatic rings. The Labute approximate surface area is 122 Å². The van der Waals surface area contributed by atoms with E-state index in [9.17, 15) is 14.9 Å². The first-order valence-electron chi connectivity index (χ1n) is 6.68. The number of hydrogen-bond acceptors (Lipinski definition) is 3. The lowest BCUT2D eigenvalue weighted by Crippen LogP contribution is -2.47. The van der Waals surface area contributed by atoms with Crippen molar-refractivity contribution >= 4 is 23.2 Å². The van der Waals surface area contributed by atoms with E-state index in [2.05, 4.69) is 5.32 Å². The van der Waals surface area contributed by atoms with Crippen LogP contribution in [0.2, 0.25) is 5.02 Å². The maximum atomic E-state index is 12.3. The second-order valence-electron chi connectivity index (χ2n) is 5.49. The van der Waals surface area contributed by atoms with Gasteiger partial charge in [0, 0.05) is 16.6 Å². The highest BCUT2D eigenvalue weighted by Gasteiger charge is 2.31. The molecule has 0 bridgehead atoms. The molecule has 1 aromatic rings. The quantitative estimate of drug-likeness (QED) is 0.683. The average molecular weight is 297 g/mol. The lowest BCUT2D eigenvalue weighted by atomic mass is 9.83. The predicted octanol–water partition coefficient (Wildman–Crippen LogP) is 3.70. The third kappa shape index (κ3) is 3.28. The summed E-state index contributed by atoms with van der Waals surface area (Å²) in [6.07, 6.45) is 5.09. The van der Waals surface area contributed by atoms with Crippen molar-refractivity contribution in [2.45, 2.75) is 44.6 Å². The minimum absolute atomic E-state index is 0.0225. The van der Waals surface area contributed by atoms with Gasteiger partial charge in [0.05, 0.1) is 4.92 Å². The molecule has 1 N–H and O–H groups in total. The van der Waals surface area contributed by atoms with Gasteiger partial charge < -0.3 is 5.32 Å². The molecule has 1 aliphatic carbocycles. The van der Waals surface area contributed by atoms with Crippen molar-refractivity contribution < 1.29 is 9.72 Å². The van der Waals surface area contributed by atoms with Gasteiger partial charge in [0.25, 0.3) is 11.6 Å². The highest BCUT2D eigenvalue weighted by atomic mass is 35.5. The number of nitrogens with zero attached hydrogens (tertiary/aromatic N) is 1. The third-order valence-corrected chi connectivity index (χ3v) is 4.01. The van der Waals surface area contributed by atoms with Crippen molar-refractivity contribution in [3.05, 3.63) is 38.9 Å². The van der Waals surface area contributed by atoms with Crippen LogP contribution in [0.3, 0.4) is 0 Å². The minimum atomic E-state index is -0.561. The molecule has 6 heteroatoms. The normalized spacial score (nSPS) is 17.5. The molecule has 20 heavy (non-hydrogen) atoms. The molecular weight excluding hydrogens is 280 g/mol. The van der Waals surface area contributed by atoms with Gasteiger partial charge in [-0.25, -0.2) is 0 Å². The van der Waals surface area contributed by atoms with Gasteiger partial charge in [-0.3, -0.25) is 14.9 Å². The van der Waals surface area contributed by atoms with Crippen LogP contribution in [0.5, 0.6) is 0 Å². The largest absolute Gasteiger partial charge is 0.347 e. The Morgan fingerprint density at radius 1 is 1.35 bits per heavy atom. The van der Waals surface area contributed by atoms with Crippen molar-refractivity contribution in [1.29, 1.82) is 0 Å². The number of nitro benzene ring substituents is 1. The van der Waals surface area contributed by atoms with Gasteiger partial charge in [0.1, 0.15) is 5.56 Å². The molecule has 0 spiro atoms. The van der Waals surface area contributed by atoms with E-state index in [1.54, 1.807) is 0 Å². The van der Waals surface area contributed by atoms with E-state index >= 15 is 0 Å². The molecule has 1 fully saturated rings. The van der Waals surface area contributed by atoms with Crippen molar-refractivity contribution in [1.82, 2.24) is 5.32 Å². The van der Waals surface area contributed by atoms with Gasteiger partial charge >= 0.3 is 0 Å². The molecule has 2 rings (SSSR count). The third-order valence-electron chi connectivity index (χ3n) is 3.77. The van der Waals surface area contributed by atoms with E-state index in [1.807, 2.05) is 6.92 Å². The van der Waals surface area contributed by atoms with Crippen LogP contribution in [0.4, 0.5) is 5.69 Å². The summed E-state index contributed by atoms with van der Waals surface area (Å²) in [6.45, 7) is 1.99. The summed E-state index contributed by atoms with van der Waals surface area (Å²) in [5.74, 6) is -0.427. The van der Waals surface area contributed by atoms with Crippen LogP contribution in [0.25, 0.3) is 0 Å². The molecule has 0 aliphatic heterocycles. The molecule has 0 aromatic heterocycles. The van der Waals surface area contributed by atoms with Crippen LogP contribution < -0.4 is 5.32 Å². The van der Waals surface area contributed by atoms with E-state index in [1.165, 1.54) is 24.6 Å². The fourth-order valence-corrected chi connectivity index (χ4v) is 2.82. The van der Waals surface area contributed by atoms with Crippen LogP contribution in [0, 0.1) is 10.1 Å². The first kappa shape index (κ1) is 14.8. The summed E-state index contributed by atoms with van der Waals surface area (Å²) in [6, 6.07) is 4.03. The van der Waals surface area contributed by atoms with E-state index in [0.717, 1.165) is 25.7 Å². The number of benzene rings is 1. The van der Waals surface area contributed by atoms with Gasteiger partial charge in [0.2, 0.25) is 0 Å². The molecule has 0 heterocycles. The fraction of sp³-hybridized carbons (Fsp3) is 0.500. The summed E-state index contributed by atoms with van der Waals surface area (Å²) < 4.78 is 0. The molecule has 5 nitrogen and oxygen atoms in total. The zero-order chi connectivity index (χ0) is 14.8. The topological polar surface area (TPSA) is 72.2 Å². The van der Waals surface area contributed by atoms with Crippen LogP contribution in [-0.2, 0) is 0 Å². The molecular formula is C14H17ClN2O3. The van der Waals surface area contributed by atoms with Crippen LogP contribution in [0.1, 0.15) is 49.4 Å². The lowest BCUT2D eigenvalue weighted by Gasteiger charge is -2.34. The predicted molar refractivity (Wildman–Crippen MR) is 77.1 cm³/mol. The molecule has 108 valence electrons. The van der Waals surface area contributed by atoms with Gasteiger partial charge in [0.15, 0.2) is 0 Å². The number of carbonyl (C=O) groups excluding carboxylic acids is 1. The molecule has 0 radical (unpaired) electrons. The number of nitro groups is 1. The van der Waals surface area contributed by atoms with Gasteiger partial charge in [-0.15, -0.1) is 0 Å². The monoisotopic (exact) mass is 296 g/mol. The maximum absolute atomic E-state index is 12.3. The second-order valence-corrected chi connectivity index (χ2v) is 5.93. The smallest absolute Gasteiger partial charge is 0.282 e. The van der Waals surface area contributed by atoms with Crippen LogP contribution in [-0.4, -0.2) is 16.4 Å². The molecule has 1 aromatic carbocycles. The van der Waals surface area contributed by atoms with Crippen molar-refractivity contribution in [2.75, 3.05) is 0 Å². The van der Waals surface area contributed by atoms with Gasteiger partial charge in [-0.2, -0.15) is 0 Å².